The van der Waals surface area contributed by atoms with Crippen LogP contribution >= 0.6 is 0 Å². The number of aliphatic carboxylic acids is 1. The molecule has 1 heterocycles. The average Bonchev–Trinajstić information content (AvgIpc) is 2.78. The third-order valence-electron chi connectivity index (χ3n) is 3.45. The summed E-state index contributed by atoms with van der Waals surface area (Å²) in [5.41, 5.74) is -0.00199. The van der Waals surface area contributed by atoms with Gasteiger partial charge in [-0.25, -0.2) is 4.68 Å². The number of hydrogen-bond donors (Lipinski definition) is 1. The van der Waals surface area contributed by atoms with E-state index in [2.05, 4.69) is 11.7 Å². The summed E-state index contributed by atoms with van der Waals surface area (Å²) in [6.45, 7) is 3.66. The normalized spacial score (nSPS) is 19.2. The molecule has 0 spiro atoms. The van der Waals surface area contributed by atoms with Gasteiger partial charge in [-0.1, -0.05) is 25.8 Å². The molecule has 1 N–H and O–H groups in total. The number of carboxylic acids is 1. The zero-order chi connectivity index (χ0) is 11.6. The molecule has 0 aromatic carbocycles. The van der Waals surface area contributed by atoms with Gasteiger partial charge in [-0.05, 0) is 18.9 Å². The highest BCUT2D eigenvalue weighted by Gasteiger charge is 2.43. The molecular weight excluding hydrogens is 204 g/mol. The average molecular weight is 220 g/mol. The van der Waals surface area contributed by atoms with E-state index in [1.165, 1.54) is 0 Å². The van der Waals surface area contributed by atoms with Crippen LogP contribution in [-0.4, -0.2) is 20.9 Å². The summed E-state index contributed by atoms with van der Waals surface area (Å²) in [6, 6.07) is 1.79. The van der Waals surface area contributed by atoms with E-state index in [4.69, 9.17) is 0 Å². The molecule has 0 unspecified atom stereocenters. The monoisotopic (exact) mass is 220 g/mol. The van der Waals surface area contributed by atoms with Crippen molar-refractivity contribution in [2.45, 2.75) is 37.5 Å². The summed E-state index contributed by atoms with van der Waals surface area (Å²) in [6.07, 6.45) is 7.65. The summed E-state index contributed by atoms with van der Waals surface area (Å²) in [4.78, 5) is 11.6. The van der Waals surface area contributed by atoms with Gasteiger partial charge in [0.05, 0.1) is 5.69 Å². The van der Waals surface area contributed by atoms with E-state index in [1.807, 2.05) is 0 Å². The first kappa shape index (κ1) is 10.9. The number of nitrogens with zero attached hydrogens (tertiary/aromatic N) is 2. The van der Waals surface area contributed by atoms with Gasteiger partial charge in [0, 0.05) is 12.4 Å². The Balaban J connectivity index is 2.46. The highest BCUT2D eigenvalue weighted by molar-refractivity contribution is 5.81. The second-order valence-electron chi connectivity index (χ2n) is 4.29. The molecule has 1 aromatic heterocycles. The summed E-state index contributed by atoms with van der Waals surface area (Å²) in [5, 5.41) is 13.6. The first-order chi connectivity index (χ1) is 7.70. The van der Waals surface area contributed by atoms with Crippen LogP contribution in [-0.2, 0) is 10.2 Å². The predicted octanol–water partition coefficient (Wildman–Crippen LogP) is 2.27. The molecule has 1 aliphatic carbocycles. The third kappa shape index (κ3) is 1.54. The Hall–Kier alpha value is -1.58. The predicted molar refractivity (Wildman–Crippen MR) is 61.0 cm³/mol. The van der Waals surface area contributed by atoms with Gasteiger partial charge in [0.1, 0.15) is 5.41 Å². The van der Waals surface area contributed by atoms with Crippen LogP contribution in [0.4, 0.5) is 0 Å². The van der Waals surface area contributed by atoms with Gasteiger partial charge >= 0.3 is 5.97 Å². The lowest BCUT2D eigenvalue weighted by Crippen LogP contribution is -2.39. The minimum absolute atomic E-state index is 0.696. The Morgan fingerprint density at radius 2 is 2.19 bits per heavy atom. The van der Waals surface area contributed by atoms with Gasteiger partial charge in [0.25, 0.3) is 0 Å². The molecule has 1 saturated carbocycles. The van der Waals surface area contributed by atoms with Crippen molar-refractivity contribution in [3.05, 3.63) is 24.5 Å². The Morgan fingerprint density at radius 3 is 2.75 bits per heavy atom. The van der Waals surface area contributed by atoms with Crippen LogP contribution in [0.2, 0.25) is 0 Å². The van der Waals surface area contributed by atoms with E-state index in [0.717, 1.165) is 25.0 Å². The highest BCUT2D eigenvalue weighted by Crippen LogP contribution is 2.39. The molecule has 4 heteroatoms. The number of hydrogen-bond acceptors (Lipinski definition) is 2. The van der Waals surface area contributed by atoms with Gasteiger partial charge in [-0.3, -0.25) is 4.79 Å². The van der Waals surface area contributed by atoms with Crippen molar-refractivity contribution in [3.63, 3.8) is 0 Å². The van der Waals surface area contributed by atoms with E-state index in [-0.39, 0.29) is 0 Å². The smallest absolute Gasteiger partial charge is 0.315 e. The molecule has 0 bridgehead atoms. The van der Waals surface area contributed by atoms with Crippen LogP contribution in [0.3, 0.4) is 0 Å². The maximum atomic E-state index is 11.6. The van der Waals surface area contributed by atoms with Crippen LogP contribution in [0, 0.1) is 0 Å². The molecule has 0 atom stereocenters. The Labute approximate surface area is 94.6 Å². The standard InChI is InChI=1S/C12H16N2O2/c1-2-14-10(6-9-13-14)12(11(15)16)7-4-3-5-8-12/h2,6,9H,1,3-5,7-8H2,(H,15,16). The topological polar surface area (TPSA) is 55.1 Å². The molecule has 4 nitrogen and oxygen atoms in total. The lowest BCUT2D eigenvalue weighted by Gasteiger charge is -2.33. The van der Waals surface area contributed by atoms with Crippen molar-refractivity contribution in [3.8, 4) is 0 Å². The maximum Gasteiger partial charge on any atom is 0.315 e. The van der Waals surface area contributed by atoms with Gasteiger partial charge in [0.2, 0.25) is 0 Å². The van der Waals surface area contributed by atoms with Gasteiger partial charge < -0.3 is 5.11 Å². The number of aromatic nitrogens is 2. The van der Waals surface area contributed by atoms with Crippen molar-refractivity contribution in [1.82, 2.24) is 9.78 Å². The number of carboxylic acid groups (broad SMARTS) is 1. The van der Waals surface area contributed by atoms with Crippen LogP contribution in [0.15, 0.2) is 18.8 Å². The molecule has 0 aliphatic heterocycles. The molecule has 0 radical (unpaired) electrons. The second kappa shape index (κ2) is 4.12. The van der Waals surface area contributed by atoms with Crippen molar-refractivity contribution >= 4 is 12.2 Å². The molecule has 0 saturated heterocycles. The van der Waals surface area contributed by atoms with Crippen molar-refractivity contribution in [2.75, 3.05) is 0 Å². The summed E-state index contributed by atoms with van der Waals surface area (Å²) < 4.78 is 1.58. The van der Waals surface area contributed by atoms with Crippen molar-refractivity contribution in [2.24, 2.45) is 0 Å². The quantitative estimate of drug-likeness (QED) is 0.850. The van der Waals surface area contributed by atoms with Crippen LogP contribution in [0.25, 0.3) is 6.20 Å². The summed E-state index contributed by atoms with van der Waals surface area (Å²) >= 11 is 0. The fraction of sp³-hybridized carbons (Fsp3) is 0.500. The van der Waals surface area contributed by atoms with E-state index < -0.39 is 11.4 Å². The molecule has 1 aliphatic rings. The second-order valence-corrected chi connectivity index (χ2v) is 4.29. The fourth-order valence-corrected chi connectivity index (χ4v) is 2.57. The number of rotatable bonds is 3. The lowest BCUT2D eigenvalue weighted by molar-refractivity contribution is -0.145. The molecule has 1 fully saturated rings. The Bertz CT molecular complexity index is 403. The van der Waals surface area contributed by atoms with Crippen molar-refractivity contribution < 1.29 is 9.90 Å². The third-order valence-corrected chi connectivity index (χ3v) is 3.45. The van der Waals surface area contributed by atoms with Gasteiger partial charge in [-0.2, -0.15) is 5.10 Å². The molecule has 0 amide bonds. The van der Waals surface area contributed by atoms with E-state index >= 15 is 0 Å². The van der Waals surface area contributed by atoms with Crippen LogP contribution in [0.1, 0.15) is 37.8 Å². The molecule has 16 heavy (non-hydrogen) atoms. The summed E-state index contributed by atoms with van der Waals surface area (Å²) in [5.74, 6) is -0.740. The molecular formula is C12H16N2O2. The van der Waals surface area contributed by atoms with Gasteiger partial charge in [0.15, 0.2) is 0 Å². The summed E-state index contributed by atoms with van der Waals surface area (Å²) in [7, 11) is 0. The molecule has 86 valence electrons. The Kier molecular flexibility index (Phi) is 2.81. The Morgan fingerprint density at radius 1 is 1.50 bits per heavy atom. The van der Waals surface area contributed by atoms with Gasteiger partial charge in [-0.15, -0.1) is 0 Å². The SMILES string of the molecule is C=Cn1nccc1C1(C(=O)O)CCCCC1. The zero-order valence-electron chi connectivity index (χ0n) is 9.22. The fourth-order valence-electron chi connectivity index (χ4n) is 2.57. The first-order valence-corrected chi connectivity index (χ1v) is 5.61. The van der Waals surface area contributed by atoms with E-state index in [1.54, 1.807) is 23.1 Å². The first-order valence-electron chi connectivity index (χ1n) is 5.61. The maximum absolute atomic E-state index is 11.6. The van der Waals surface area contributed by atoms with Crippen LogP contribution in [0.5, 0.6) is 0 Å². The number of carbonyl (C=O) groups is 1. The largest absolute Gasteiger partial charge is 0.481 e. The minimum Gasteiger partial charge on any atom is -0.481 e. The zero-order valence-corrected chi connectivity index (χ0v) is 9.22. The van der Waals surface area contributed by atoms with Crippen molar-refractivity contribution in [1.29, 1.82) is 0 Å². The lowest BCUT2D eigenvalue weighted by atomic mass is 9.72. The van der Waals surface area contributed by atoms with E-state index in [9.17, 15) is 9.90 Å². The van der Waals surface area contributed by atoms with Crippen LogP contribution < -0.4 is 0 Å². The minimum atomic E-state index is -0.761. The van der Waals surface area contributed by atoms with E-state index in [0.29, 0.717) is 12.8 Å². The highest BCUT2D eigenvalue weighted by atomic mass is 16.4. The molecule has 1 aromatic rings. The molecule has 2 rings (SSSR count).